The Kier molecular flexibility index (Phi) is 5.84. The molecule has 7 nitrogen and oxygen atoms in total. The Morgan fingerprint density at radius 2 is 2.00 bits per heavy atom. The second kappa shape index (κ2) is 8.12. The van der Waals surface area contributed by atoms with Crippen LogP contribution in [0, 0.1) is 0 Å². The van der Waals surface area contributed by atoms with Gasteiger partial charge in [0.1, 0.15) is 11.6 Å². The van der Waals surface area contributed by atoms with Crippen molar-refractivity contribution in [1.29, 1.82) is 0 Å². The molecule has 1 N–H and O–H groups in total. The molecule has 1 fully saturated rings. The molecule has 2 aromatic rings. The van der Waals surface area contributed by atoms with E-state index in [-0.39, 0.29) is 23.7 Å². The maximum Gasteiger partial charge on any atom is 0.229 e. The van der Waals surface area contributed by atoms with Crippen molar-refractivity contribution in [3.05, 3.63) is 36.5 Å². The van der Waals surface area contributed by atoms with Gasteiger partial charge in [-0.3, -0.25) is 0 Å². The van der Waals surface area contributed by atoms with Gasteiger partial charge in [0, 0.05) is 24.5 Å². The third-order valence-corrected chi connectivity index (χ3v) is 6.16. The van der Waals surface area contributed by atoms with E-state index in [2.05, 4.69) is 15.3 Å². The van der Waals surface area contributed by atoms with Crippen LogP contribution < -0.4 is 15.0 Å². The van der Waals surface area contributed by atoms with Gasteiger partial charge in [0.15, 0.2) is 9.84 Å². The summed E-state index contributed by atoms with van der Waals surface area (Å²) < 4.78 is 29.3. The van der Waals surface area contributed by atoms with Crippen molar-refractivity contribution in [2.45, 2.75) is 39.3 Å². The van der Waals surface area contributed by atoms with Gasteiger partial charge in [-0.25, -0.2) is 13.4 Å². The first-order chi connectivity index (χ1) is 12.9. The molecule has 1 atom stereocenters. The molecule has 1 aromatic carbocycles. The summed E-state index contributed by atoms with van der Waals surface area (Å²) in [5, 5.41) is 3.19. The van der Waals surface area contributed by atoms with Gasteiger partial charge in [-0.05, 0) is 57.5 Å². The minimum atomic E-state index is -2.94. The highest BCUT2D eigenvalue weighted by Gasteiger charge is 2.32. The molecule has 1 aliphatic rings. The average Bonchev–Trinajstić information content (AvgIpc) is 2.97. The summed E-state index contributed by atoms with van der Waals surface area (Å²) >= 11 is 0. The zero-order valence-electron chi connectivity index (χ0n) is 15.9. The van der Waals surface area contributed by atoms with Crippen molar-refractivity contribution in [1.82, 2.24) is 9.97 Å². The maximum absolute atomic E-state index is 11.8. The van der Waals surface area contributed by atoms with Gasteiger partial charge < -0.3 is 15.0 Å². The number of hydrogen-bond acceptors (Lipinski definition) is 7. The first-order valence-corrected chi connectivity index (χ1v) is 11.0. The van der Waals surface area contributed by atoms with Crippen molar-refractivity contribution in [3.8, 4) is 5.75 Å². The number of hydrogen-bond donors (Lipinski definition) is 1. The van der Waals surface area contributed by atoms with E-state index >= 15 is 0 Å². The fourth-order valence-corrected chi connectivity index (χ4v) is 4.95. The molecular formula is C19H26N4O3S. The van der Waals surface area contributed by atoms with E-state index in [0.29, 0.717) is 18.9 Å². The third-order valence-electron chi connectivity index (χ3n) is 4.41. The summed E-state index contributed by atoms with van der Waals surface area (Å²) in [7, 11) is -2.94. The maximum atomic E-state index is 11.8. The highest BCUT2D eigenvalue weighted by Crippen LogP contribution is 2.24. The predicted octanol–water partition coefficient (Wildman–Crippen LogP) is 3.02. The van der Waals surface area contributed by atoms with Gasteiger partial charge in [0.25, 0.3) is 0 Å². The van der Waals surface area contributed by atoms with Crippen LogP contribution in [0.15, 0.2) is 36.5 Å². The largest absolute Gasteiger partial charge is 0.491 e. The number of aromatic nitrogens is 2. The van der Waals surface area contributed by atoms with E-state index in [0.717, 1.165) is 17.3 Å². The van der Waals surface area contributed by atoms with Crippen LogP contribution in [0.25, 0.3) is 0 Å². The molecule has 2 heterocycles. The number of nitrogens with zero attached hydrogens (tertiary/aromatic N) is 3. The summed E-state index contributed by atoms with van der Waals surface area (Å²) in [5.41, 5.74) is 0.856. The van der Waals surface area contributed by atoms with E-state index in [4.69, 9.17) is 4.74 Å². The van der Waals surface area contributed by atoms with E-state index in [1.54, 1.807) is 6.20 Å². The molecule has 1 unspecified atom stereocenters. The highest BCUT2D eigenvalue weighted by molar-refractivity contribution is 7.91. The Morgan fingerprint density at radius 1 is 1.26 bits per heavy atom. The molecular weight excluding hydrogens is 364 g/mol. The van der Waals surface area contributed by atoms with Crippen LogP contribution in [0.4, 0.5) is 17.5 Å². The standard InChI is InChI=1S/C19H26N4O3S/c1-4-23(16-10-12-27(24,25)13-16)18-9-11-20-19(22-18)21-15-5-7-17(8-6-15)26-14(2)3/h5-9,11,14,16H,4,10,12-13H2,1-3H3,(H,20,21,22). The SMILES string of the molecule is CCN(c1ccnc(Nc2ccc(OC(C)C)cc2)n1)C1CCS(=O)(=O)C1. The molecule has 0 aliphatic carbocycles. The molecule has 146 valence electrons. The lowest BCUT2D eigenvalue weighted by molar-refractivity contribution is 0.242. The second-order valence-corrected chi connectivity index (χ2v) is 9.13. The second-order valence-electron chi connectivity index (χ2n) is 6.90. The molecule has 27 heavy (non-hydrogen) atoms. The molecule has 0 radical (unpaired) electrons. The summed E-state index contributed by atoms with van der Waals surface area (Å²) in [5.74, 6) is 2.45. The molecule has 1 saturated heterocycles. The average molecular weight is 391 g/mol. The smallest absolute Gasteiger partial charge is 0.229 e. The van der Waals surface area contributed by atoms with Gasteiger partial charge >= 0.3 is 0 Å². The van der Waals surface area contributed by atoms with Crippen LogP contribution in [0.2, 0.25) is 0 Å². The summed E-state index contributed by atoms with van der Waals surface area (Å²) in [6, 6.07) is 9.40. The summed E-state index contributed by atoms with van der Waals surface area (Å²) in [6.07, 6.45) is 2.45. The molecule has 3 rings (SSSR count). The molecule has 0 bridgehead atoms. The van der Waals surface area contributed by atoms with Gasteiger partial charge in [-0.1, -0.05) is 0 Å². The first kappa shape index (κ1) is 19.4. The molecule has 1 aliphatic heterocycles. The van der Waals surface area contributed by atoms with E-state index in [9.17, 15) is 8.42 Å². The monoisotopic (exact) mass is 390 g/mol. The number of benzene rings is 1. The van der Waals surface area contributed by atoms with Crippen LogP contribution in [-0.4, -0.2) is 48.6 Å². The van der Waals surface area contributed by atoms with Crippen LogP contribution in [-0.2, 0) is 9.84 Å². The lowest BCUT2D eigenvalue weighted by Crippen LogP contribution is -2.36. The van der Waals surface area contributed by atoms with Gasteiger partial charge in [0.05, 0.1) is 17.6 Å². The van der Waals surface area contributed by atoms with Crippen molar-refractivity contribution in [3.63, 3.8) is 0 Å². The lowest BCUT2D eigenvalue weighted by Gasteiger charge is -2.28. The minimum Gasteiger partial charge on any atom is -0.491 e. The minimum absolute atomic E-state index is 0.0322. The Balaban J connectivity index is 1.73. The predicted molar refractivity (Wildman–Crippen MR) is 108 cm³/mol. The molecule has 1 aromatic heterocycles. The van der Waals surface area contributed by atoms with Crippen molar-refractivity contribution in [2.75, 3.05) is 28.3 Å². The van der Waals surface area contributed by atoms with Crippen molar-refractivity contribution < 1.29 is 13.2 Å². The Morgan fingerprint density at radius 3 is 2.59 bits per heavy atom. The lowest BCUT2D eigenvalue weighted by atomic mass is 10.2. The van der Waals surface area contributed by atoms with Crippen LogP contribution in [0.1, 0.15) is 27.2 Å². The first-order valence-electron chi connectivity index (χ1n) is 9.20. The highest BCUT2D eigenvalue weighted by atomic mass is 32.2. The number of ether oxygens (including phenoxy) is 1. The van der Waals surface area contributed by atoms with Gasteiger partial charge in [0.2, 0.25) is 5.95 Å². The molecule has 0 amide bonds. The number of sulfone groups is 1. The Hall–Kier alpha value is -2.35. The quantitative estimate of drug-likeness (QED) is 0.778. The normalized spacial score (nSPS) is 18.4. The van der Waals surface area contributed by atoms with Crippen molar-refractivity contribution in [2.24, 2.45) is 0 Å². The zero-order chi connectivity index (χ0) is 19.4. The Bertz CT molecular complexity index is 869. The fourth-order valence-electron chi connectivity index (χ4n) is 3.22. The molecule has 0 spiro atoms. The summed E-state index contributed by atoms with van der Waals surface area (Å²) in [4.78, 5) is 10.9. The molecule has 0 saturated carbocycles. The van der Waals surface area contributed by atoms with Crippen molar-refractivity contribution >= 4 is 27.3 Å². The third kappa shape index (κ3) is 5.09. The van der Waals surface area contributed by atoms with Gasteiger partial charge in [-0.15, -0.1) is 0 Å². The number of nitrogens with one attached hydrogen (secondary N) is 1. The number of rotatable bonds is 7. The van der Waals surface area contributed by atoms with Crippen LogP contribution in [0.5, 0.6) is 5.75 Å². The van der Waals surface area contributed by atoms with Crippen LogP contribution >= 0.6 is 0 Å². The Labute approximate surface area is 160 Å². The van der Waals surface area contributed by atoms with Crippen LogP contribution in [0.3, 0.4) is 0 Å². The van der Waals surface area contributed by atoms with E-state index in [1.165, 1.54) is 0 Å². The molecule has 8 heteroatoms. The topological polar surface area (TPSA) is 84.4 Å². The van der Waals surface area contributed by atoms with Gasteiger partial charge in [-0.2, -0.15) is 4.98 Å². The van der Waals surface area contributed by atoms with E-state index in [1.807, 2.05) is 56.0 Å². The fraction of sp³-hybridized carbons (Fsp3) is 0.474. The van der Waals surface area contributed by atoms with E-state index < -0.39 is 9.84 Å². The summed E-state index contributed by atoms with van der Waals surface area (Å²) in [6.45, 7) is 6.67. The number of anilines is 3. The zero-order valence-corrected chi connectivity index (χ0v) is 16.7.